The zero-order valence-electron chi connectivity index (χ0n) is 9.73. The second kappa shape index (κ2) is 5.51. The Kier molecular flexibility index (Phi) is 4.02. The summed E-state index contributed by atoms with van der Waals surface area (Å²) >= 11 is 3.35. The topological polar surface area (TPSA) is 32.8 Å². The number of carbonyl (C=O) groups is 1. The normalized spacial score (nSPS) is 16.9. The Bertz CT molecular complexity index is 403. The van der Waals surface area contributed by atoms with Crippen molar-refractivity contribution in [2.45, 2.75) is 0 Å². The van der Waals surface area contributed by atoms with Crippen LogP contribution in [-0.2, 0) is 0 Å². The molecule has 0 N–H and O–H groups in total. The maximum absolute atomic E-state index is 11.9. The number of hydrogen-bond acceptors (Lipinski definition) is 3. The highest BCUT2D eigenvalue weighted by Gasteiger charge is 2.21. The molecule has 1 amide bonds. The van der Waals surface area contributed by atoms with Crippen molar-refractivity contribution in [3.63, 3.8) is 0 Å². The molecule has 1 aliphatic rings. The molecule has 1 aliphatic heterocycles. The third-order valence-electron chi connectivity index (χ3n) is 2.80. The Hall–Kier alpha value is -1.07. The summed E-state index contributed by atoms with van der Waals surface area (Å²) in [4.78, 5) is 15.8. The molecule has 0 aromatic heterocycles. The largest absolute Gasteiger partial charge is 0.415 e. The van der Waals surface area contributed by atoms with E-state index in [0.29, 0.717) is 5.75 Å². The van der Waals surface area contributed by atoms with Crippen molar-refractivity contribution in [2.75, 3.05) is 33.2 Å². The van der Waals surface area contributed by atoms with E-state index in [4.69, 9.17) is 4.74 Å². The summed E-state index contributed by atoms with van der Waals surface area (Å²) in [6.45, 7) is 3.23. The van der Waals surface area contributed by atoms with Crippen LogP contribution >= 0.6 is 15.9 Å². The van der Waals surface area contributed by atoms with E-state index in [-0.39, 0.29) is 6.09 Å². The highest BCUT2D eigenvalue weighted by atomic mass is 79.9. The lowest BCUT2D eigenvalue weighted by Crippen LogP contribution is -2.48. The summed E-state index contributed by atoms with van der Waals surface area (Å²) in [7, 11) is 2.05. The fourth-order valence-corrected chi connectivity index (χ4v) is 2.04. The van der Waals surface area contributed by atoms with E-state index in [1.165, 1.54) is 0 Å². The minimum absolute atomic E-state index is 0.273. The molecule has 0 spiro atoms. The van der Waals surface area contributed by atoms with E-state index in [9.17, 15) is 4.79 Å². The first-order chi connectivity index (χ1) is 8.16. The lowest BCUT2D eigenvalue weighted by atomic mass is 10.3. The van der Waals surface area contributed by atoms with E-state index < -0.39 is 0 Å². The second-order valence-corrected chi connectivity index (χ2v) is 4.94. The fraction of sp³-hybridized carbons (Fsp3) is 0.417. The first kappa shape index (κ1) is 12.4. The van der Waals surface area contributed by atoms with Crippen LogP contribution < -0.4 is 4.74 Å². The summed E-state index contributed by atoms with van der Waals surface area (Å²) in [6.07, 6.45) is -0.273. The average molecular weight is 299 g/mol. The fourth-order valence-electron chi connectivity index (χ4n) is 1.68. The SMILES string of the molecule is CN1CCN(C(=O)Oc2ccccc2Br)CC1. The first-order valence-electron chi connectivity index (χ1n) is 5.56. The lowest BCUT2D eigenvalue weighted by molar-refractivity contribution is 0.120. The number of para-hydroxylation sites is 1. The van der Waals surface area contributed by atoms with E-state index in [0.717, 1.165) is 30.7 Å². The van der Waals surface area contributed by atoms with Crippen molar-refractivity contribution in [3.05, 3.63) is 28.7 Å². The standard InChI is InChI=1S/C12H15BrN2O2/c1-14-6-8-15(9-7-14)12(16)17-11-5-3-2-4-10(11)13/h2-5H,6-9H2,1H3. The zero-order valence-corrected chi connectivity index (χ0v) is 11.3. The molecule has 5 heteroatoms. The van der Waals surface area contributed by atoms with Gasteiger partial charge in [-0.25, -0.2) is 4.79 Å². The number of amides is 1. The molecule has 1 fully saturated rings. The zero-order chi connectivity index (χ0) is 12.3. The molecule has 92 valence electrons. The van der Waals surface area contributed by atoms with Gasteiger partial charge in [-0.1, -0.05) is 12.1 Å². The van der Waals surface area contributed by atoms with Gasteiger partial charge < -0.3 is 14.5 Å². The summed E-state index contributed by atoms with van der Waals surface area (Å²) in [5, 5.41) is 0. The number of nitrogens with zero attached hydrogens (tertiary/aromatic N) is 2. The van der Waals surface area contributed by atoms with Crippen molar-refractivity contribution in [1.29, 1.82) is 0 Å². The van der Waals surface area contributed by atoms with Gasteiger partial charge in [0.25, 0.3) is 0 Å². The van der Waals surface area contributed by atoms with Crippen LogP contribution in [0.4, 0.5) is 4.79 Å². The van der Waals surface area contributed by atoms with E-state index >= 15 is 0 Å². The summed E-state index contributed by atoms with van der Waals surface area (Å²) < 4.78 is 6.14. The van der Waals surface area contributed by atoms with Crippen molar-refractivity contribution < 1.29 is 9.53 Å². The number of benzene rings is 1. The van der Waals surface area contributed by atoms with E-state index in [2.05, 4.69) is 27.9 Å². The Labute approximate surface area is 109 Å². The number of halogens is 1. The highest BCUT2D eigenvalue weighted by Crippen LogP contribution is 2.24. The predicted molar refractivity (Wildman–Crippen MR) is 69.2 cm³/mol. The van der Waals surface area contributed by atoms with Crippen LogP contribution in [0, 0.1) is 0 Å². The second-order valence-electron chi connectivity index (χ2n) is 4.09. The van der Waals surface area contributed by atoms with Crippen LogP contribution in [0.2, 0.25) is 0 Å². The molecular formula is C12H15BrN2O2. The highest BCUT2D eigenvalue weighted by molar-refractivity contribution is 9.10. The van der Waals surface area contributed by atoms with Gasteiger partial charge in [0.2, 0.25) is 0 Å². The summed E-state index contributed by atoms with van der Waals surface area (Å²) in [5.74, 6) is 0.566. The predicted octanol–water partition coefficient (Wildman–Crippen LogP) is 2.20. The Morgan fingerprint density at radius 1 is 1.24 bits per heavy atom. The van der Waals surface area contributed by atoms with Gasteiger partial charge in [0.15, 0.2) is 0 Å². The monoisotopic (exact) mass is 298 g/mol. The van der Waals surface area contributed by atoms with Gasteiger partial charge in [-0.05, 0) is 35.1 Å². The van der Waals surface area contributed by atoms with Gasteiger partial charge in [0, 0.05) is 26.2 Å². The number of hydrogen-bond donors (Lipinski definition) is 0. The lowest BCUT2D eigenvalue weighted by Gasteiger charge is -2.31. The molecule has 0 atom stereocenters. The Balaban J connectivity index is 1.95. The number of rotatable bonds is 1. The average Bonchev–Trinajstić information content (AvgIpc) is 2.33. The molecule has 0 radical (unpaired) electrons. The molecular weight excluding hydrogens is 284 g/mol. The molecule has 2 rings (SSSR count). The van der Waals surface area contributed by atoms with Crippen molar-refractivity contribution in [2.24, 2.45) is 0 Å². The van der Waals surface area contributed by atoms with E-state index in [1.54, 1.807) is 11.0 Å². The van der Waals surface area contributed by atoms with Gasteiger partial charge in [0.1, 0.15) is 5.75 Å². The minimum atomic E-state index is -0.273. The van der Waals surface area contributed by atoms with Gasteiger partial charge in [-0.15, -0.1) is 0 Å². The van der Waals surface area contributed by atoms with Crippen LogP contribution in [0.5, 0.6) is 5.75 Å². The van der Waals surface area contributed by atoms with Gasteiger partial charge >= 0.3 is 6.09 Å². The third-order valence-corrected chi connectivity index (χ3v) is 3.45. The molecule has 17 heavy (non-hydrogen) atoms. The minimum Gasteiger partial charge on any atom is -0.409 e. The van der Waals surface area contributed by atoms with Gasteiger partial charge in [0.05, 0.1) is 4.47 Å². The van der Waals surface area contributed by atoms with E-state index in [1.807, 2.05) is 18.2 Å². The molecule has 0 unspecified atom stereocenters. The molecule has 0 bridgehead atoms. The van der Waals surface area contributed by atoms with Crippen molar-refractivity contribution in [3.8, 4) is 5.75 Å². The van der Waals surface area contributed by atoms with Crippen molar-refractivity contribution >= 4 is 22.0 Å². The molecule has 0 saturated carbocycles. The van der Waals surface area contributed by atoms with Gasteiger partial charge in [-0.3, -0.25) is 0 Å². The molecule has 1 aromatic carbocycles. The third kappa shape index (κ3) is 3.20. The van der Waals surface area contributed by atoms with Crippen LogP contribution in [-0.4, -0.2) is 49.1 Å². The number of ether oxygens (including phenoxy) is 1. The molecule has 0 aliphatic carbocycles. The quantitative estimate of drug-likeness (QED) is 0.797. The number of piperazine rings is 1. The maximum atomic E-state index is 11.9. The Morgan fingerprint density at radius 3 is 2.53 bits per heavy atom. The van der Waals surface area contributed by atoms with Gasteiger partial charge in [-0.2, -0.15) is 0 Å². The molecule has 4 nitrogen and oxygen atoms in total. The Morgan fingerprint density at radius 2 is 1.88 bits per heavy atom. The van der Waals surface area contributed by atoms with Crippen molar-refractivity contribution in [1.82, 2.24) is 9.80 Å². The molecule has 1 aromatic rings. The summed E-state index contributed by atoms with van der Waals surface area (Å²) in [5.41, 5.74) is 0. The van der Waals surface area contributed by atoms with Crippen LogP contribution in [0.25, 0.3) is 0 Å². The number of likely N-dealkylation sites (N-methyl/N-ethyl adjacent to an activating group) is 1. The first-order valence-corrected chi connectivity index (χ1v) is 6.36. The molecule has 1 saturated heterocycles. The molecule has 1 heterocycles. The maximum Gasteiger partial charge on any atom is 0.415 e. The van der Waals surface area contributed by atoms with Crippen LogP contribution in [0.1, 0.15) is 0 Å². The number of carbonyl (C=O) groups excluding carboxylic acids is 1. The summed E-state index contributed by atoms with van der Waals surface area (Å²) in [6, 6.07) is 7.36. The smallest absolute Gasteiger partial charge is 0.409 e. The van der Waals surface area contributed by atoms with Crippen LogP contribution in [0.15, 0.2) is 28.7 Å². The van der Waals surface area contributed by atoms with Crippen LogP contribution in [0.3, 0.4) is 0 Å².